The maximum Gasteiger partial charge on any atom is 0.0130 e. The molecule has 2 aromatic rings. The third-order valence-electron chi connectivity index (χ3n) is 3.73. The van der Waals surface area contributed by atoms with E-state index in [4.69, 9.17) is 0 Å². The molecule has 0 aliphatic heterocycles. The van der Waals surface area contributed by atoms with Crippen LogP contribution in [-0.4, -0.2) is 0 Å². The van der Waals surface area contributed by atoms with Gasteiger partial charge in [-0.2, -0.15) is 0 Å². The van der Waals surface area contributed by atoms with Crippen LogP contribution in [0.15, 0.2) is 54.3 Å². The van der Waals surface area contributed by atoms with Gasteiger partial charge in [0.15, 0.2) is 0 Å². The van der Waals surface area contributed by atoms with Gasteiger partial charge in [0.25, 0.3) is 0 Å². The molecule has 2 heteroatoms. The average molecular weight is 528 g/mol. The van der Waals surface area contributed by atoms with Crippen molar-refractivity contribution in [3.8, 4) is 0 Å². The van der Waals surface area contributed by atoms with E-state index in [0.717, 1.165) is 0 Å². The molecule has 0 aliphatic carbocycles. The van der Waals surface area contributed by atoms with Crippen molar-refractivity contribution in [2.24, 2.45) is 11.8 Å². The topological polar surface area (TPSA) is 0 Å². The van der Waals surface area contributed by atoms with Crippen molar-refractivity contribution in [3.05, 3.63) is 72.5 Å². The molecule has 0 heterocycles. The zero-order chi connectivity index (χ0) is 17.0. The molecule has 2 rings (SSSR count). The number of hydrogen-bond donors (Lipinski definition) is 0. The lowest BCUT2D eigenvalue weighted by Crippen LogP contribution is -1.97. The summed E-state index contributed by atoms with van der Waals surface area (Å²) < 4.78 is 2.53. The maximum absolute atomic E-state index is 3.75. The van der Waals surface area contributed by atoms with Crippen LogP contribution < -0.4 is 0 Å². The molecule has 0 aromatic heterocycles. The Labute approximate surface area is 167 Å². The normalized spacial score (nSPS) is 10.8. The van der Waals surface area contributed by atoms with E-state index < -0.39 is 0 Å². The van der Waals surface area contributed by atoms with Crippen molar-refractivity contribution >= 4 is 56.3 Å². The van der Waals surface area contributed by atoms with Crippen molar-refractivity contribution in [1.29, 1.82) is 0 Å². The first kappa shape index (κ1) is 18.8. The highest BCUT2D eigenvalue weighted by molar-refractivity contribution is 14.1. The Kier molecular flexibility index (Phi) is 6.93. The van der Waals surface area contributed by atoms with E-state index in [1.807, 2.05) is 0 Å². The summed E-state index contributed by atoms with van der Waals surface area (Å²) >= 11 is 4.70. The number of benzene rings is 2. The standard InChI is InChI=1S/C21H22I2/c1-14(2)20(16-5-9-18(22)10-6-16)13-21(15(3)4)17-7-11-19(23)12-8-17/h5-12,14-15H,1-4H3. The molecular weight excluding hydrogens is 506 g/mol. The van der Waals surface area contributed by atoms with Crippen molar-refractivity contribution in [2.45, 2.75) is 27.7 Å². The Morgan fingerprint density at radius 1 is 0.652 bits per heavy atom. The summed E-state index contributed by atoms with van der Waals surface area (Å²) in [7, 11) is 0. The third kappa shape index (κ3) is 5.20. The molecular formula is C21H22I2. The van der Waals surface area contributed by atoms with Gasteiger partial charge in [-0.3, -0.25) is 0 Å². The molecule has 120 valence electrons. The summed E-state index contributed by atoms with van der Waals surface area (Å²) in [6.07, 6.45) is 0. The molecule has 0 saturated carbocycles. The SMILES string of the molecule is CC(C)C(=C=C(c1ccc(I)cc1)C(C)C)c1ccc(I)cc1. The predicted octanol–water partition coefficient (Wildman–Crippen LogP) is 7.27. The second kappa shape index (κ2) is 8.50. The fourth-order valence-electron chi connectivity index (χ4n) is 2.50. The van der Waals surface area contributed by atoms with E-state index in [9.17, 15) is 0 Å². The van der Waals surface area contributed by atoms with E-state index >= 15 is 0 Å². The largest absolute Gasteiger partial charge is 0.112 e. The van der Waals surface area contributed by atoms with Crippen molar-refractivity contribution < 1.29 is 0 Å². The molecule has 0 N–H and O–H groups in total. The number of rotatable bonds is 4. The molecule has 0 saturated heterocycles. The van der Waals surface area contributed by atoms with Gasteiger partial charge in [0.05, 0.1) is 0 Å². The van der Waals surface area contributed by atoms with Gasteiger partial charge in [0, 0.05) is 18.3 Å². The highest BCUT2D eigenvalue weighted by Crippen LogP contribution is 2.28. The van der Waals surface area contributed by atoms with E-state index in [1.165, 1.54) is 29.4 Å². The van der Waals surface area contributed by atoms with Gasteiger partial charge in [-0.25, -0.2) is 0 Å². The van der Waals surface area contributed by atoms with Gasteiger partial charge in [-0.15, -0.1) is 5.73 Å². The number of allylic oxidation sites excluding steroid dienone is 1. The lowest BCUT2D eigenvalue weighted by molar-refractivity contribution is 0.844. The molecule has 23 heavy (non-hydrogen) atoms. The van der Waals surface area contributed by atoms with Gasteiger partial charge >= 0.3 is 0 Å². The molecule has 0 fully saturated rings. The molecule has 0 radical (unpaired) electrons. The summed E-state index contributed by atoms with van der Waals surface area (Å²) in [4.78, 5) is 0. The van der Waals surface area contributed by atoms with Crippen molar-refractivity contribution in [3.63, 3.8) is 0 Å². The first-order chi connectivity index (χ1) is 10.9. The molecule has 0 atom stereocenters. The van der Waals surface area contributed by atoms with Gasteiger partial charge in [0.1, 0.15) is 0 Å². The van der Waals surface area contributed by atoms with Crippen molar-refractivity contribution in [1.82, 2.24) is 0 Å². The summed E-state index contributed by atoms with van der Waals surface area (Å²) in [5.41, 5.74) is 8.85. The van der Waals surface area contributed by atoms with E-state index in [1.54, 1.807) is 0 Å². The number of hydrogen-bond acceptors (Lipinski definition) is 0. The molecule has 0 aliphatic rings. The highest BCUT2D eigenvalue weighted by Gasteiger charge is 2.10. The zero-order valence-electron chi connectivity index (χ0n) is 14.0. The second-order valence-corrected chi connectivity index (χ2v) is 8.77. The Hall–Kier alpha value is -0.580. The molecule has 0 unspecified atom stereocenters. The first-order valence-electron chi connectivity index (χ1n) is 7.91. The lowest BCUT2D eigenvalue weighted by atomic mass is 9.91. The van der Waals surface area contributed by atoms with Crippen LogP contribution in [-0.2, 0) is 0 Å². The van der Waals surface area contributed by atoms with Gasteiger partial charge in [0.2, 0.25) is 0 Å². The minimum atomic E-state index is 0.438. The highest BCUT2D eigenvalue weighted by atomic mass is 127. The Morgan fingerprint density at radius 2 is 0.957 bits per heavy atom. The molecule has 0 spiro atoms. The minimum Gasteiger partial charge on any atom is -0.112 e. The van der Waals surface area contributed by atoms with Crippen molar-refractivity contribution in [2.75, 3.05) is 0 Å². The minimum absolute atomic E-state index is 0.438. The summed E-state index contributed by atoms with van der Waals surface area (Å²) in [5, 5.41) is 0. The quantitative estimate of drug-likeness (QED) is 0.289. The monoisotopic (exact) mass is 528 g/mol. The molecule has 0 bridgehead atoms. The van der Waals surface area contributed by atoms with E-state index in [2.05, 4.69) is 127 Å². The second-order valence-electron chi connectivity index (χ2n) is 6.28. The van der Waals surface area contributed by atoms with Crippen LogP contribution in [0, 0.1) is 19.0 Å². The smallest absolute Gasteiger partial charge is 0.0130 e. The van der Waals surface area contributed by atoms with Crippen LogP contribution in [0.25, 0.3) is 11.1 Å². The molecule has 0 amide bonds. The van der Waals surface area contributed by atoms with Crippen LogP contribution in [0.2, 0.25) is 0 Å². The summed E-state index contributed by atoms with van der Waals surface area (Å²) in [6, 6.07) is 17.5. The van der Waals surface area contributed by atoms with Gasteiger partial charge in [-0.05, 0) is 92.4 Å². The number of halogens is 2. The van der Waals surface area contributed by atoms with Gasteiger partial charge < -0.3 is 0 Å². The summed E-state index contributed by atoms with van der Waals surface area (Å²) in [6.45, 7) is 8.97. The summed E-state index contributed by atoms with van der Waals surface area (Å²) in [5.74, 6) is 0.875. The van der Waals surface area contributed by atoms with Crippen LogP contribution in [0.4, 0.5) is 0 Å². The van der Waals surface area contributed by atoms with Crippen LogP contribution >= 0.6 is 45.2 Å². The lowest BCUT2D eigenvalue weighted by Gasteiger charge is -2.14. The molecule has 0 nitrogen and oxygen atoms in total. The van der Waals surface area contributed by atoms with Crippen LogP contribution in [0.3, 0.4) is 0 Å². The van der Waals surface area contributed by atoms with Crippen LogP contribution in [0.1, 0.15) is 38.8 Å². The van der Waals surface area contributed by atoms with E-state index in [0.29, 0.717) is 11.8 Å². The third-order valence-corrected chi connectivity index (χ3v) is 5.17. The Bertz CT molecular complexity index is 652. The molecule has 2 aromatic carbocycles. The zero-order valence-corrected chi connectivity index (χ0v) is 18.3. The first-order valence-corrected chi connectivity index (χ1v) is 10.1. The van der Waals surface area contributed by atoms with Gasteiger partial charge in [-0.1, -0.05) is 52.0 Å². The van der Waals surface area contributed by atoms with Crippen LogP contribution in [0.5, 0.6) is 0 Å². The average Bonchev–Trinajstić information content (AvgIpc) is 2.50. The predicted molar refractivity (Wildman–Crippen MR) is 118 cm³/mol. The Balaban J connectivity index is 2.65. The Morgan fingerprint density at radius 3 is 1.22 bits per heavy atom. The fourth-order valence-corrected chi connectivity index (χ4v) is 3.22. The van der Waals surface area contributed by atoms with E-state index in [-0.39, 0.29) is 0 Å². The maximum atomic E-state index is 3.75. The fraction of sp³-hybridized carbons (Fsp3) is 0.286.